The Morgan fingerprint density at radius 2 is 2.20 bits per heavy atom. The van der Waals surface area contributed by atoms with Crippen molar-refractivity contribution in [1.82, 2.24) is 9.38 Å². The van der Waals surface area contributed by atoms with Crippen molar-refractivity contribution in [3.8, 4) is 5.88 Å². The first-order valence-electron chi connectivity index (χ1n) is 5.21. The maximum Gasteiger partial charge on any atom is 0.199 e. The quantitative estimate of drug-likeness (QED) is 0.768. The summed E-state index contributed by atoms with van der Waals surface area (Å²) in [6, 6.07) is 5.98. The van der Waals surface area contributed by atoms with E-state index in [9.17, 15) is 0 Å². The summed E-state index contributed by atoms with van der Waals surface area (Å²) in [6.07, 6.45) is 2.86. The molecule has 0 aliphatic heterocycles. The minimum atomic E-state index is 0.598. The van der Waals surface area contributed by atoms with E-state index in [0.29, 0.717) is 5.92 Å². The Hall–Kier alpha value is -1.51. The molecule has 15 heavy (non-hydrogen) atoms. The van der Waals surface area contributed by atoms with Crippen LogP contribution in [0.5, 0.6) is 5.88 Å². The number of ether oxygens (including phenoxy) is 1. The zero-order valence-corrected chi connectivity index (χ0v) is 9.40. The zero-order valence-electron chi connectivity index (χ0n) is 9.40. The Morgan fingerprint density at radius 3 is 2.87 bits per heavy atom. The van der Waals surface area contributed by atoms with Crippen molar-refractivity contribution in [2.75, 3.05) is 7.11 Å². The lowest BCUT2D eigenvalue weighted by Crippen LogP contribution is -2.02. The summed E-state index contributed by atoms with van der Waals surface area (Å²) >= 11 is 0. The first kappa shape index (κ1) is 10.0. The predicted molar refractivity (Wildman–Crippen MR) is 60.3 cm³/mol. The van der Waals surface area contributed by atoms with E-state index in [1.54, 1.807) is 7.11 Å². The molecule has 0 saturated heterocycles. The van der Waals surface area contributed by atoms with Crippen molar-refractivity contribution in [2.45, 2.75) is 20.3 Å². The molecule has 0 unspecified atom stereocenters. The highest BCUT2D eigenvalue weighted by Crippen LogP contribution is 2.18. The first-order valence-corrected chi connectivity index (χ1v) is 5.21. The van der Waals surface area contributed by atoms with Gasteiger partial charge < -0.3 is 4.74 Å². The average Bonchev–Trinajstić information content (AvgIpc) is 2.61. The number of rotatable bonds is 3. The molecule has 0 radical (unpaired) electrons. The molecule has 3 nitrogen and oxygen atoms in total. The molecule has 2 aromatic heterocycles. The van der Waals surface area contributed by atoms with E-state index in [1.165, 1.54) is 0 Å². The lowest BCUT2D eigenvalue weighted by Gasteiger charge is -2.08. The smallest absolute Gasteiger partial charge is 0.199 e. The van der Waals surface area contributed by atoms with E-state index in [1.807, 2.05) is 24.4 Å². The molecule has 0 fully saturated rings. The molecule has 2 aromatic rings. The fourth-order valence-corrected chi connectivity index (χ4v) is 1.75. The largest absolute Gasteiger partial charge is 0.482 e. The number of methoxy groups -OCH3 is 1. The Kier molecular flexibility index (Phi) is 2.62. The van der Waals surface area contributed by atoms with Gasteiger partial charge in [0.25, 0.3) is 0 Å². The van der Waals surface area contributed by atoms with Crippen LogP contribution in [-0.2, 0) is 6.42 Å². The van der Waals surface area contributed by atoms with E-state index >= 15 is 0 Å². The topological polar surface area (TPSA) is 26.5 Å². The Morgan fingerprint density at radius 1 is 1.40 bits per heavy atom. The molecular weight excluding hydrogens is 188 g/mol. The molecule has 0 bridgehead atoms. The molecule has 2 heterocycles. The van der Waals surface area contributed by atoms with Gasteiger partial charge in [-0.25, -0.2) is 4.98 Å². The fraction of sp³-hybridized carbons (Fsp3) is 0.417. The van der Waals surface area contributed by atoms with E-state index in [4.69, 9.17) is 4.74 Å². The van der Waals surface area contributed by atoms with Gasteiger partial charge in [0.1, 0.15) is 5.82 Å². The zero-order chi connectivity index (χ0) is 10.8. The monoisotopic (exact) mass is 204 g/mol. The van der Waals surface area contributed by atoms with Crippen molar-refractivity contribution in [2.24, 2.45) is 5.92 Å². The standard InChI is InChI=1S/C12H16N2O/c1-9(2)7-11-13-8-10-5-4-6-12(15-3)14(10)11/h4-6,8-9H,7H2,1-3H3. The maximum atomic E-state index is 5.33. The summed E-state index contributed by atoms with van der Waals surface area (Å²) in [5, 5.41) is 0. The summed E-state index contributed by atoms with van der Waals surface area (Å²) in [7, 11) is 1.69. The van der Waals surface area contributed by atoms with Crippen LogP contribution in [0.1, 0.15) is 19.7 Å². The van der Waals surface area contributed by atoms with Crippen molar-refractivity contribution in [3.05, 3.63) is 30.2 Å². The summed E-state index contributed by atoms with van der Waals surface area (Å²) in [5.74, 6) is 2.51. The SMILES string of the molecule is COc1cccc2cnc(CC(C)C)n12. The van der Waals surface area contributed by atoms with Gasteiger partial charge in [0, 0.05) is 6.42 Å². The summed E-state index contributed by atoms with van der Waals surface area (Å²) in [5.41, 5.74) is 1.09. The van der Waals surface area contributed by atoms with E-state index in [0.717, 1.165) is 23.6 Å². The summed E-state index contributed by atoms with van der Waals surface area (Å²) in [4.78, 5) is 4.43. The maximum absolute atomic E-state index is 5.33. The third-order valence-electron chi connectivity index (χ3n) is 2.39. The lowest BCUT2D eigenvalue weighted by atomic mass is 10.1. The van der Waals surface area contributed by atoms with E-state index in [-0.39, 0.29) is 0 Å². The number of aromatic nitrogens is 2. The minimum Gasteiger partial charge on any atom is -0.482 e. The predicted octanol–water partition coefficient (Wildman–Crippen LogP) is 2.54. The van der Waals surface area contributed by atoms with Crippen molar-refractivity contribution in [1.29, 1.82) is 0 Å². The van der Waals surface area contributed by atoms with Gasteiger partial charge in [-0.3, -0.25) is 4.40 Å². The van der Waals surface area contributed by atoms with Crippen molar-refractivity contribution >= 4 is 5.52 Å². The van der Waals surface area contributed by atoms with Gasteiger partial charge in [0.05, 0.1) is 18.8 Å². The second-order valence-corrected chi connectivity index (χ2v) is 4.10. The van der Waals surface area contributed by atoms with Crippen LogP contribution in [0.15, 0.2) is 24.4 Å². The van der Waals surface area contributed by atoms with Gasteiger partial charge in [0.2, 0.25) is 0 Å². The van der Waals surface area contributed by atoms with Crippen LogP contribution < -0.4 is 4.74 Å². The van der Waals surface area contributed by atoms with Crippen LogP contribution in [0.25, 0.3) is 5.52 Å². The number of hydrogen-bond donors (Lipinski definition) is 0. The normalized spacial score (nSPS) is 11.2. The van der Waals surface area contributed by atoms with Gasteiger partial charge in [-0.15, -0.1) is 0 Å². The van der Waals surface area contributed by atoms with Crippen LogP contribution in [-0.4, -0.2) is 16.5 Å². The van der Waals surface area contributed by atoms with Gasteiger partial charge in [-0.05, 0) is 18.1 Å². The molecule has 2 rings (SSSR count). The fourth-order valence-electron chi connectivity index (χ4n) is 1.75. The molecule has 0 aromatic carbocycles. The van der Waals surface area contributed by atoms with Crippen LogP contribution in [0, 0.1) is 5.92 Å². The molecule has 0 aliphatic carbocycles. The van der Waals surface area contributed by atoms with Crippen molar-refractivity contribution in [3.63, 3.8) is 0 Å². The van der Waals surface area contributed by atoms with Crippen molar-refractivity contribution < 1.29 is 4.74 Å². The summed E-state index contributed by atoms with van der Waals surface area (Å²) in [6.45, 7) is 4.38. The Labute approximate surface area is 89.7 Å². The highest BCUT2D eigenvalue weighted by Gasteiger charge is 2.08. The molecule has 0 atom stereocenters. The molecule has 0 saturated carbocycles. The van der Waals surface area contributed by atoms with Gasteiger partial charge in [0.15, 0.2) is 5.88 Å². The number of hydrogen-bond acceptors (Lipinski definition) is 2. The highest BCUT2D eigenvalue weighted by molar-refractivity contribution is 5.49. The highest BCUT2D eigenvalue weighted by atomic mass is 16.5. The number of fused-ring (bicyclic) bond motifs is 1. The van der Waals surface area contributed by atoms with Crippen LogP contribution in [0.3, 0.4) is 0 Å². The third-order valence-corrected chi connectivity index (χ3v) is 2.39. The second-order valence-electron chi connectivity index (χ2n) is 4.10. The number of pyridine rings is 1. The molecule has 80 valence electrons. The molecule has 0 N–H and O–H groups in total. The lowest BCUT2D eigenvalue weighted by molar-refractivity contribution is 0.389. The van der Waals surface area contributed by atoms with E-state index in [2.05, 4.69) is 23.2 Å². The van der Waals surface area contributed by atoms with Crippen LogP contribution in [0.2, 0.25) is 0 Å². The van der Waals surface area contributed by atoms with E-state index < -0.39 is 0 Å². The molecule has 0 spiro atoms. The van der Waals surface area contributed by atoms with Crippen LogP contribution >= 0.6 is 0 Å². The minimum absolute atomic E-state index is 0.598. The molecular formula is C12H16N2O. The van der Waals surface area contributed by atoms with Gasteiger partial charge in [-0.1, -0.05) is 19.9 Å². The molecule has 0 aliphatic rings. The Bertz CT molecular complexity index is 460. The Balaban J connectivity index is 2.55. The summed E-state index contributed by atoms with van der Waals surface area (Å²) < 4.78 is 7.40. The number of nitrogens with zero attached hydrogens (tertiary/aromatic N) is 2. The van der Waals surface area contributed by atoms with Gasteiger partial charge in [-0.2, -0.15) is 0 Å². The number of imidazole rings is 1. The average molecular weight is 204 g/mol. The molecule has 3 heteroatoms. The van der Waals surface area contributed by atoms with Gasteiger partial charge >= 0.3 is 0 Å². The third kappa shape index (κ3) is 1.82. The van der Waals surface area contributed by atoms with Crippen LogP contribution in [0.4, 0.5) is 0 Å². The second kappa shape index (κ2) is 3.93. The molecule has 0 amide bonds. The first-order chi connectivity index (χ1) is 7.22.